The fourth-order valence-corrected chi connectivity index (χ4v) is 6.89. The number of anilines is 1. The van der Waals surface area contributed by atoms with E-state index in [-0.39, 0.29) is 17.9 Å². The Labute approximate surface area is 195 Å². The van der Waals surface area contributed by atoms with Gasteiger partial charge < -0.3 is 14.8 Å². The van der Waals surface area contributed by atoms with Gasteiger partial charge in [0.05, 0.1) is 6.10 Å². The third-order valence-corrected chi connectivity index (χ3v) is 9.07. The molecule has 4 saturated heterocycles. The number of fused-ring (bicyclic) bond motifs is 2. The summed E-state index contributed by atoms with van der Waals surface area (Å²) in [6.45, 7) is 6.52. The molecule has 0 aromatic heterocycles. The predicted octanol–water partition coefficient (Wildman–Crippen LogP) is 5.38. The molecule has 4 heterocycles. The van der Waals surface area contributed by atoms with Gasteiger partial charge >= 0.3 is 0 Å². The summed E-state index contributed by atoms with van der Waals surface area (Å²) >= 11 is 1.69. The molecule has 7 heteroatoms. The van der Waals surface area contributed by atoms with Crippen LogP contribution in [0.5, 0.6) is 0 Å². The summed E-state index contributed by atoms with van der Waals surface area (Å²) in [6.07, 6.45) is 6.75. The fourth-order valence-electron chi connectivity index (χ4n) is 6.48. The molecule has 5 aliphatic rings. The normalized spacial score (nSPS) is 42.8. The first-order valence-electron chi connectivity index (χ1n) is 12.0. The van der Waals surface area contributed by atoms with Crippen molar-refractivity contribution < 1.29 is 24.0 Å². The number of nitrogens with one attached hydrogen (secondary N) is 1. The van der Waals surface area contributed by atoms with Gasteiger partial charge in [-0.25, -0.2) is 9.78 Å². The molecule has 4 aliphatic heterocycles. The van der Waals surface area contributed by atoms with E-state index in [1.165, 1.54) is 11.3 Å². The summed E-state index contributed by atoms with van der Waals surface area (Å²) in [7, 11) is 0. The Morgan fingerprint density at radius 3 is 2.66 bits per heavy atom. The maximum Gasteiger partial charge on any atom is 0.224 e. The minimum absolute atomic E-state index is 0.0166. The van der Waals surface area contributed by atoms with Gasteiger partial charge in [-0.3, -0.25) is 4.79 Å². The number of hydrogen-bond acceptors (Lipinski definition) is 6. The molecule has 176 valence electrons. The Kier molecular flexibility index (Phi) is 6.08. The van der Waals surface area contributed by atoms with Gasteiger partial charge in [0, 0.05) is 29.3 Å². The number of amides is 1. The van der Waals surface area contributed by atoms with E-state index in [9.17, 15) is 4.79 Å². The van der Waals surface area contributed by atoms with Crippen LogP contribution in [-0.4, -0.2) is 35.9 Å². The zero-order valence-electron chi connectivity index (χ0n) is 19.5. The Morgan fingerprint density at radius 1 is 1.12 bits per heavy atom. The van der Waals surface area contributed by atoms with Crippen LogP contribution < -0.4 is 5.32 Å². The number of rotatable bonds is 5. The Bertz CT molecular complexity index is 849. The topological polar surface area (TPSA) is 66.0 Å². The average molecular weight is 462 g/mol. The molecule has 0 radical (unpaired) electrons. The number of ether oxygens (including phenoxy) is 2. The molecule has 1 amide bonds. The third-order valence-electron chi connectivity index (χ3n) is 8.32. The molecule has 8 atom stereocenters. The molecule has 1 saturated carbocycles. The van der Waals surface area contributed by atoms with Crippen LogP contribution >= 0.6 is 11.8 Å². The van der Waals surface area contributed by atoms with Gasteiger partial charge in [-0.2, -0.15) is 0 Å². The van der Waals surface area contributed by atoms with Crippen LogP contribution in [-0.2, 0) is 24.0 Å². The smallest absolute Gasteiger partial charge is 0.224 e. The van der Waals surface area contributed by atoms with E-state index < -0.39 is 17.7 Å². The van der Waals surface area contributed by atoms with Gasteiger partial charge in [0.2, 0.25) is 11.7 Å². The fraction of sp³-hybridized carbons (Fsp3) is 0.720. The summed E-state index contributed by atoms with van der Waals surface area (Å²) in [4.78, 5) is 25.9. The summed E-state index contributed by atoms with van der Waals surface area (Å²) in [5, 5.41) is 3.02. The molecular weight excluding hydrogens is 426 g/mol. The van der Waals surface area contributed by atoms with Crippen LogP contribution in [0.15, 0.2) is 29.2 Å². The molecule has 1 unspecified atom stereocenters. The SMILES string of the molecule is CSc1ccc(NC(=O)CC[C@H]2O[C@@H]3OC4(C)CC[C@H]5[C@H](C)CC[C@@H]([C@H]2C)[C@@]35OO4)cc1. The lowest BCUT2D eigenvalue weighted by Crippen LogP contribution is -2.70. The van der Waals surface area contributed by atoms with E-state index >= 15 is 0 Å². The second kappa shape index (κ2) is 8.58. The van der Waals surface area contributed by atoms with Crippen molar-refractivity contribution in [3.63, 3.8) is 0 Å². The second-order valence-corrected chi connectivity index (χ2v) is 11.1. The first-order valence-corrected chi connectivity index (χ1v) is 13.2. The molecule has 1 spiro atoms. The summed E-state index contributed by atoms with van der Waals surface area (Å²) in [6, 6.07) is 7.94. The molecule has 2 bridgehead atoms. The highest BCUT2D eigenvalue weighted by atomic mass is 32.2. The van der Waals surface area contributed by atoms with Gasteiger partial charge in [0.1, 0.15) is 0 Å². The van der Waals surface area contributed by atoms with Crippen LogP contribution in [0.2, 0.25) is 0 Å². The van der Waals surface area contributed by atoms with Crippen molar-refractivity contribution in [2.45, 2.75) is 88.0 Å². The molecule has 32 heavy (non-hydrogen) atoms. The lowest BCUT2D eigenvalue weighted by Gasteiger charge is -2.60. The minimum Gasteiger partial charge on any atom is -0.346 e. The Balaban J connectivity index is 1.28. The summed E-state index contributed by atoms with van der Waals surface area (Å²) in [5.74, 6) is 0.747. The molecule has 5 fully saturated rings. The van der Waals surface area contributed by atoms with Crippen LogP contribution in [0.1, 0.15) is 59.3 Å². The van der Waals surface area contributed by atoms with Crippen LogP contribution in [0, 0.1) is 23.7 Å². The average Bonchev–Trinajstić information content (AvgIpc) is 3.01. The van der Waals surface area contributed by atoms with Gasteiger partial charge in [-0.05, 0) is 80.9 Å². The molecular formula is C25H35NO5S. The first kappa shape index (κ1) is 22.7. The van der Waals surface area contributed by atoms with Gasteiger partial charge in [0.25, 0.3) is 0 Å². The second-order valence-electron chi connectivity index (χ2n) is 10.3. The van der Waals surface area contributed by atoms with Gasteiger partial charge in [-0.1, -0.05) is 13.8 Å². The number of benzene rings is 1. The van der Waals surface area contributed by atoms with Crippen molar-refractivity contribution >= 4 is 23.4 Å². The zero-order chi connectivity index (χ0) is 22.5. The van der Waals surface area contributed by atoms with Crippen molar-refractivity contribution in [2.75, 3.05) is 11.6 Å². The van der Waals surface area contributed by atoms with Crippen LogP contribution in [0.3, 0.4) is 0 Å². The van der Waals surface area contributed by atoms with Crippen molar-refractivity contribution in [3.05, 3.63) is 24.3 Å². The van der Waals surface area contributed by atoms with Crippen molar-refractivity contribution in [3.8, 4) is 0 Å². The maximum atomic E-state index is 12.6. The first-order chi connectivity index (χ1) is 15.3. The third kappa shape index (κ3) is 3.80. The molecule has 1 aromatic carbocycles. The number of carbonyl (C=O) groups is 1. The Hall–Kier alpha value is -1.12. The number of thioether (sulfide) groups is 1. The Morgan fingerprint density at radius 2 is 1.91 bits per heavy atom. The molecule has 1 aromatic rings. The largest absolute Gasteiger partial charge is 0.346 e. The van der Waals surface area contributed by atoms with E-state index in [0.29, 0.717) is 30.6 Å². The molecule has 6 rings (SSSR count). The van der Waals surface area contributed by atoms with Crippen LogP contribution in [0.25, 0.3) is 0 Å². The van der Waals surface area contributed by atoms with E-state index in [1.54, 1.807) is 11.8 Å². The summed E-state index contributed by atoms with van der Waals surface area (Å²) < 4.78 is 13.0. The highest BCUT2D eigenvalue weighted by Crippen LogP contribution is 2.60. The number of carbonyl (C=O) groups excluding carboxylic acids is 1. The van der Waals surface area contributed by atoms with Gasteiger partial charge in [-0.15, -0.1) is 11.8 Å². The van der Waals surface area contributed by atoms with Gasteiger partial charge in [0.15, 0.2) is 11.9 Å². The lowest BCUT2D eigenvalue weighted by atomic mass is 9.57. The number of hydrogen-bond donors (Lipinski definition) is 1. The van der Waals surface area contributed by atoms with E-state index in [2.05, 4.69) is 19.2 Å². The molecule has 1 aliphatic carbocycles. The van der Waals surface area contributed by atoms with E-state index in [4.69, 9.17) is 19.2 Å². The minimum atomic E-state index is -0.761. The lowest BCUT2D eigenvalue weighted by molar-refractivity contribution is -0.571. The highest BCUT2D eigenvalue weighted by Gasteiger charge is 2.69. The van der Waals surface area contributed by atoms with E-state index in [1.807, 2.05) is 37.4 Å². The highest BCUT2D eigenvalue weighted by molar-refractivity contribution is 7.98. The predicted molar refractivity (Wildman–Crippen MR) is 123 cm³/mol. The molecule has 1 N–H and O–H groups in total. The molecule has 6 nitrogen and oxygen atoms in total. The zero-order valence-corrected chi connectivity index (χ0v) is 20.3. The monoisotopic (exact) mass is 461 g/mol. The standard InChI is InChI=1S/C25H35NO5S/c1-15-5-10-20-16(2)21(11-12-22(27)26-17-6-8-18(32-4)9-7-17)28-23-25(20)19(15)13-14-24(3,29-23)30-31-25/h6-9,15-16,19-21,23H,5,10-14H2,1-4H3,(H,26,27)/t15-,16-,19+,20+,21-,23-,24?,25-/m1/s1. The van der Waals surface area contributed by atoms with Crippen LogP contribution in [0.4, 0.5) is 5.69 Å². The van der Waals surface area contributed by atoms with Crippen molar-refractivity contribution in [2.24, 2.45) is 23.7 Å². The van der Waals surface area contributed by atoms with E-state index in [0.717, 1.165) is 24.9 Å². The van der Waals surface area contributed by atoms with Crippen molar-refractivity contribution in [1.82, 2.24) is 0 Å². The quantitative estimate of drug-likeness (QED) is 0.469. The maximum absolute atomic E-state index is 12.6. The summed E-state index contributed by atoms with van der Waals surface area (Å²) in [5.41, 5.74) is 0.293. The van der Waals surface area contributed by atoms with Crippen molar-refractivity contribution in [1.29, 1.82) is 0 Å².